The lowest BCUT2D eigenvalue weighted by Gasteiger charge is -2.18. The standard InChI is InChI=1S/C28H12F14O2.C22H12F10O2/c1-5-7(3)13(31)25(19(37)11(5)29)43-27-21(39)15(33)9(16(34)22(27)40)10-17(35)23(41)28(24(42)18(10)36)44-26-14(32)8(4)6(2)12(30)20(26)38;1-5-7(3)11(25)19(13(27)9(5)23)33-21-15(29)17(31)22(18(32)16(21)30)34-20-12(26)8(4)6(2)10(24)14(20)28/h1-4H3;1-4H3. The number of halogens is 24. The Labute approximate surface area is 420 Å². The van der Waals surface area contributed by atoms with E-state index in [2.05, 4.69) is 18.9 Å². The minimum absolute atomic E-state index is 0.505. The maximum Gasteiger partial charge on any atom is 0.208 e. The van der Waals surface area contributed by atoms with Crippen molar-refractivity contribution in [1.82, 2.24) is 0 Å². The molecule has 7 rings (SSSR count). The lowest BCUT2D eigenvalue weighted by atomic mass is 10.0. The number of ether oxygens (including phenoxy) is 4. The van der Waals surface area contributed by atoms with Gasteiger partial charge in [0.2, 0.25) is 116 Å². The van der Waals surface area contributed by atoms with Crippen molar-refractivity contribution in [2.45, 2.75) is 55.4 Å². The molecule has 0 radical (unpaired) electrons. The third-order valence-corrected chi connectivity index (χ3v) is 11.9. The van der Waals surface area contributed by atoms with Crippen molar-refractivity contribution in [3.8, 4) is 57.1 Å². The zero-order valence-corrected chi connectivity index (χ0v) is 39.7. The van der Waals surface area contributed by atoms with Crippen LogP contribution in [0, 0.1) is 195 Å². The maximum absolute atomic E-state index is 14.9. The van der Waals surface area contributed by atoms with Gasteiger partial charge in [0.05, 0.1) is 11.1 Å². The van der Waals surface area contributed by atoms with E-state index in [1.165, 1.54) is 0 Å². The summed E-state index contributed by atoms with van der Waals surface area (Å²) in [5.41, 5.74) is -9.54. The molecule has 28 heteroatoms. The van der Waals surface area contributed by atoms with Crippen LogP contribution < -0.4 is 18.9 Å². The first-order valence-corrected chi connectivity index (χ1v) is 20.9. The van der Waals surface area contributed by atoms with Crippen molar-refractivity contribution >= 4 is 0 Å². The van der Waals surface area contributed by atoms with Crippen molar-refractivity contribution in [2.24, 2.45) is 0 Å². The Morgan fingerprint density at radius 1 is 0.141 bits per heavy atom. The molecule has 7 aromatic carbocycles. The Morgan fingerprint density at radius 2 is 0.244 bits per heavy atom. The second kappa shape index (κ2) is 21.5. The maximum atomic E-state index is 14.9. The zero-order chi connectivity index (χ0) is 59.1. The van der Waals surface area contributed by atoms with Crippen LogP contribution in [0.5, 0.6) is 46.0 Å². The molecule has 0 aliphatic heterocycles. The van der Waals surface area contributed by atoms with Crippen molar-refractivity contribution in [2.75, 3.05) is 0 Å². The fourth-order valence-electron chi connectivity index (χ4n) is 6.82. The van der Waals surface area contributed by atoms with Gasteiger partial charge in [-0.1, -0.05) is 0 Å². The molecule has 0 heterocycles. The van der Waals surface area contributed by atoms with E-state index in [1.54, 1.807) is 0 Å². The van der Waals surface area contributed by atoms with Gasteiger partial charge in [0, 0.05) is 0 Å². The highest BCUT2D eigenvalue weighted by atomic mass is 19.2. The molecule has 0 atom stereocenters. The van der Waals surface area contributed by atoms with Gasteiger partial charge in [0.25, 0.3) is 0 Å². The first-order valence-electron chi connectivity index (χ1n) is 20.9. The average molecular weight is 1140 g/mol. The van der Waals surface area contributed by atoms with Gasteiger partial charge in [-0.25, -0.2) is 52.7 Å². The highest BCUT2D eigenvalue weighted by Gasteiger charge is 2.39. The van der Waals surface area contributed by atoms with E-state index < -0.39 is 241 Å². The van der Waals surface area contributed by atoms with Gasteiger partial charge in [0.15, 0.2) is 69.8 Å². The summed E-state index contributed by atoms with van der Waals surface area (Å²) in [7, 11) is 0. The summed E-state index contributed by atoms with van der Waals surface area (Å²) in [6.07, 6.45) is 0. The average Bonchev–Trinajstić information content (AvgIpc) is 3.41. The van der Waals surface area contributed by atoms with Crippen molar-refractivity contribution in [3.05, 3.63) is 184 Å². The SMILES string of the molecule is Cc1c(C)c(F)c(Oc2c(F)c(F)c(-c3c(F)c(F)c(Oc4c(F)c(C)c(C)c(F)c4F)c(F)c3F)c(F)c2F)c(F)c1F.Cc1c(C)c(F)c(Oc2c(F)c(F)c(Oc3c(F)c(C)c(C)c(F)c3F)c(F)c2F)c(F)c1F. The molecule has 0 N–H and O–H groups in total. The predicted octanol–water partition coefficient (Wildman–Crippen LogP) is 18.0. The zero-order valence-electron chi connectivity index (χ0n) is 39.7. The molecule has 0 saturated heterocycles. The molecule has 0 spiro atoms. The molecule has 0 aliphatic carbocycles. The van der Waals surface area contributed by atoms with E-state index in [9.17, 15) is 105 Å². The van der Waals surface area contributed by atoms with E-state index in [0.29, 0.717) is 0 Å². The molecule has 416 valence electrons. The van der Waals surface area contributed by atoms with Crippen LogP contribution in [0.3, 0.4) is 0 Å². The minimum atomic E-state index is -2.83. The van der Waals surface area contributed by atoms with Crippen LogP contribution in [-0.2, 0) is 0 Å². The largest absolute Gasteiger partial charge is 0.445 e. The number of hydrogen-bond acceptors (Lipinski definition) is 4. The quantitative estimate of drug-likeness (QED) is 0.107. The summed E-state index contributed by atoms with van der Waals surface area (Å²) in [6, 6.07) is 0. The third-order valence-electron chi connectivity index (χ3n) is 11.9. The molecule has 0 bridgehead atoms. The van der Waals surface area contributed by atoms with Crippen LogP contribution in [0.25, 0.3) is 11.1 Å². The molecular formula is C50H24F24O4. The molecule has 0 aliphatic rings. The van der Waals surface area contributed by atoms with E-state index in [4.69, 9.17) is 0 Å². The normalized spacial score (nSPS) is 11.3. The Kier molecular flexibility index (Phi) is 16.3. The van der Waals surface area contributed by atoms with Gasteiger partial charge >= 0.3 is 0 Å². The molecule has 0 aromatic heterocycles. The highest BCUT2D eigenvalue weighted by Crippen LogP contribution is 2.47. The smallest absolute Gasteiger partial charge is 0.208 e. The molecule has 0 amide bonds. The van der Waals surface area contributed by atoms with Crippen LogP contribution in [0.1, 0.15) is 44.5 Å². The monoisotopic (exact) mass is 1140 g/mol. The predicted molar refractivity (Wildman–Crippen MR) is 221 cm³/mol. The van der Waals surface area contributed by atoms with Gasteiger partial charge in [-0.3, -0.25) is 0 Å². The van der Waals surface area contributed by atoms with Gasteiger partial charge in [-0.15, -0.1) is 0 Å². The summed E-state index contributed by atoms with van der Waals surface area (Å²) in [4.78, 5) is 0. The van der Waals surface area contributed by atoms with E-state index >= 15 is 0 Å². The molecule has 7 aromatic rings. The minimum Gasteiger partial charge on any atom is -0.445 e. The van der Waals surface area contributed by atoms with Gasteiger partial charge in [-0.2, -0.15) is 52.7 Å². The molecular weight excluding hydrogens is 1120 g/mol. The summed E-state index contributed by atoms with van der Waals surface area (Å²) in [5.74, 6) is -70.1. The van der Waals surface area contributed by atoms with Crippen LogP contribution in [0.15, 0.2) is 0 Å². The van der Waals surface area contributed by atoms with Crippen LogP contribution in [-0.4, -0.2) is 0 Å². The Hall–Kier alpha value is -7.94. The fourth-order valence-corrected chi connectivity index (χ4v) is 6.82. The number of benzene rings is 7. The lowest BCUT2D eigenvalue weighted by molar-refractivity contribution is 0.303. The topological polar surface area (TPSA) is 36.9 Å². The first-order chi connectivity index (χ1) is 36.1. The first kappa shape index (κ1) is 59.3. The summed E-state index contributed by atoms with van der Waals surface area (Å²) < 4.78 is 364. The van der Waals surface area contributed by atoms with Crippen LogP contribution in [0.2, 0.25) is 0 Å². The second-order valence-corrected chi connectivity index (χ2v) is 16.3. The van der Waals surface area contributed by atoms with Gasteiger partial charge in [0.1, 0.15) is 0 Å². The van der Waals surface area contributed by atoms with Crippen LogP contribution >= 0.6 is 0 Å². The number of hydrogen-bond donors (Lipinski definition) is 0. The van der Waals surface area contributed by atoms with Gasteiger partial charge < -0.3 is 18.9 Å². The van der Waals surface area contributed by atoms with E-state index in [1.807, 2.05) is 0 Å². The van der Waals surface area contributed by atoms with Crippen molar-refractivity contribution in [1.29, 1.82) is 0 Å². The Morgan fingerprint density at radius 3 is 0.397 bits per heavy atom. The Balaban J connectivity index is 0.000000261. The van der Waals surface area contributed by atoms with Gasteiger partial charge in [-0.05, 0) is 99.9 Å². The number of rotatable bonds is 9. The third kappa shape index (κ3) is 9.44. The second-order valence-electron chi connectivity index (χ2n) is 16.3. The van der Waals surface area contributed by atoms with E-state index in [-0.39, 0.29) is 0 Å². The summed E-state index contributed by atoms with van der Waals surface area (Å²) in [5, 5.41) is 0. The summed E-state index contributed by atoms with van der Waals surface area (Å²) >= 11 is 0. The van der Waals surface area contributed by atoms with E-state index in [0.717, 1.165) is 55.4 Å². The molecule has 0 unspecified atom stereocenters. The van der Waals surface area contributed by atoms with Crippen LogP contribution in [0.4, 0.5) is 105 Å². The summed E-state index contributed by atoms with van der Waals surface area (Å²) in [6.45, 7) is 7.47. The van der Waals surface area contributed by atoms with Crippen molar-refractivity contribution in [3.63, 3.8) is 0 Å². The highest BCUT2D eigenvalue weighted by molar-refractivity contribution is 5.70. The molecule has 0 fully saturated rings. The molecule has 4 nitrogen and oxygen atoms in total. The fraction of sp³-hybridized carbons (Fsp3) is 0.160. The van der Waals surface area contributed by atoms with Crippen molar-refractivity contribution < 1.29 is 124 Å². The Bertz CT molecular complexity index is 3280. The lowest BCUT2D eigenvalue weighted by Crippen LogP contribution is -2.11. The molecule has 78 heavy (non-hydrogen) atoms. The molecule has 0 saturated carbocycles.